The Labute approximate surface area is 213 Å². The first-order valence-corrected chi connectivity index (χ1v) is 11.5. The van der Waals surface area contributed by atoms with Crippen molar-refractivity contribution in [1.82, 2.24) is 10.2 Å². The van der Waals surface area contributed by atoms with E-state index in [0.29, 0.717) is 24.6 Å². The lowest BCUT2D eigenvalue weighted by atomic mass is 9.96. The molecule has 0 unspecified atom stereocenters. The van der Waals surface area contributed by atoms with Crippen molar-refractivity contribution in [2.45, 2.75) is 33.0 Å². The molecule has 3 aromatic rings. The quantitative estimate of drug-likeness (QED) is 0.215. The molecule has 0 amide bonds. The topological polar surface area (TPSA) is 78.4 Å². The number of hydrogen-bond donors (Lipinski definition) is 1. The van der Waals surface area contributed by atoms with Gasteiger partial charge in [0.25, 0.3) is 0 Å². The molecule has 0 aliphatic carbocycles. The minimum absolute atomic E-state index is 0.0632. The molecular formula is C23H24BF7N6O. The average Bonchev–Trinajstić information content (AvgIpc) is 2.84. The van der Waals surface area contributed by atoms with E-state index in [1.807, 2.05) is 25.1 Å². The summed E-state index contributed by atoms with van der Waals surface area (Å²) < 4.78 is 85.0. The zero-order valence-corrected chi connectivity index (χ0v) is 20.7. The fourth-order valence-electron chi connectivity index (χ4n) is 4.21. The molecule has 4 rings (SSSR count). The SMILES string of the molecule is Cc1c([C@@H](C)Nc2nnc(C)c3ccc(N4CCOCC4)cc23)cc([N+]#N)cc1C(F)(F)F.F[B-](F)(F)F. The maximum absolute atomic E-state index is 13.5. The molecule has 15 heteroatoms. The van der Waals surface area contributed by atoms with Gasteiger partial charge in [-0.15, -0.1) is 5.10 Å². The molecule has 2 aromatic carbocycles. The Hall–Kier alpha value is -3.67. The zero-order valence-electron chi connectivity index (χ0n) is 20.7. The molecule has 38 heavy (non-hydrogen) atoms. The summed E-state index contributed by atoms with van der Waals surface area (Å²) in [5, 5.41) is 22.6. The zero-order chi connectivity index (χ0) is 28.3. The van der Waals surface area contributed by atoms with Crippen molar-refractivity contribution in [2.24, 2.45) is 0 Å². The number of anilines is 2. The number of alkyl halides is 3. The van der Waals surface area contributed by atoms with Gasteiger partial charge in [-0.1, -0.05) is 6.07 Å². The summed E-state index contributed by atoms with van der Waals surface area (Å²) in [5.41, 5.74) is 1.20. The van der Waals surface area contributed by atoms with Crippen molar-refractivity contribution < 1.29 is 35.2 Å². The Morgan fingerprint density at radius 1 is 1.03 bits per heavy atom. The number of nitrogens with one attached hydrogen (secondary N) is 1. The van der Waals surface area contributed by atoms with Gasteiger partial charge in [-0.05, 0) is 44.0 Å². The van der Waals surface area contributed by atoms with Gasteiger partial charge in [0.1, 0.15) is 0 Å². The molecule has 1 aliphatic rings. The van der Waals surface area contributed by atoms with Crippen LogP contribution in [0.4, 0.5) is 47.6 Å². The standard InChI is InChI=1S/C23H24F3N6O.BF4/c1-13-19(10-16(29-27)11-21(13)23(24,25)26)14(2)28-22-20-12-17(32-6-8-33-9-7-32)4-5-18(20)15(3)30-31-22;2-1(3,4)5/h4-5,10-12,14H,6-9H2,1-3H3,(H,28,31);/q+1;-1/t14-;/m1./s1. The summed E-state index contributed by atoms with van der Waals surface area (Å²) in [4.78, 5) is 5.21. The highest BCUT2D eigenvalue weighted by Gasteiger charge is 2.36. The number of aryl methyl sites for hydroxylation is 1. The van der Waals surface area contributed by atoms with Crippen molar-refractivity contribution in [2.75, 3.05) is 36.5 Å². The number of morpholine rings is 1. The van der Waals surface area contributed by atoms with Gasteiger partial charge in [0.05, 0.1) is 30.5 Å². The fourth-order valence-corrected chi connectivity index (χ4v) is 4.21. The van der Waals surface area contributed by atoms with Crippen LogP contribution >= 0.6 is 0 Å². The van der Waals surface area contributed by atoms with Crippen LogP contribution in [0.5, 0.6) is 0 Å². The number of ether oxygens (including phenoxy) is 1. The molecule has 1 atom stereocenters. The van der Waals surface area contributed by atoms with Crippen LogP contribution in [0.2, 0.25) is 0 Å². The minimum atomic E-state index is -6.00. The van der Waals surface area contributed by atoms with Crippen molar-refractivity contribution in [3.63, 3.8) is 0 Å². The van der Waals surface area contributed by atoms with E-state index >= 15 is 0 Å². The van der Waals surface area contributed by atoms with Crippen LogP contribution in [0.1, 0.15) is 35.3 Å². The molecule has 1 saturated heterocycles. The Kier molecular flexibility index (Phi) is 8.66. The third-order valence-electron chi connectivity index (χ3n) is 6.00. The van der Waals surface area contributed by atoms with E-state index in [2.05, 4.69) is 25.4 Å². The number of rotatable bonds is 4. The number of fused-ring (bicyclic) bond motifs is 1. The average molecular weight is 544 g/mol. The summed E-state index contributed by atoms with van der Waals surface area (Å²) in [6.45, 7) is 7.87. The van der Waals surface area contributed by atoms with Gasteiger partial charge in [0.15, 0.2) is 10.8 Å². The third kappa shape index (κ3) is 7.22. The predicted molar refractivity (Wildman–Crippen MR) is 130 cm³/mol. The van der Waals surface area contributed by atoms with Crippen molar-refractivity contribution >= 4 is 35.2 Å². The Balaban J connectivity index is 0.000000732. The molecule has 7 nitrogen and oxygen atoms in total. The maximum Gasteiger partial charge on any atom is 0.673 e. The molecule has 0 radical (unpaired) electrons. The number of diazo groups is 1. The first kappa shape index (κ1) is 28.9. The maximum atomic E-state index is 13.5. The van der Waals surface area contributed by atoms with E-state index in [1.54, 1.807) is 6.92 Å². The number of halogens is 7. The molecular weight excluding hydrogens is 520 g/mol. The predicted octanol–water partition coefficient (Wildman–Crippen LogP) is 7.06. The summed E-state index contributed by atoms with van der Waals surface area (Å²) in [6, 6.07) is 7.75. The van der Waals surface area contributed by atoms with Crippen LogP contribution in [0, 0.1) is 19.2 Å². The van der Waals surface area contributed by atoms with Gasteiger partial charge in [-0.3, -0.25) is 0 Å². The Morgan fingerprint density at radius 3 is 2.24 bits per heavy atom. The summed E-state index contributed by atoms with van der Waals surface area (Å²) >= 11 is 0. The highest BCUT2D eigenvalue weighted by Crippen LogP contribution is 2.39. The van der Waals surface area contributed by atoms with Crippen molar-refractivity contribution in [3.8, 4) is 0 Å². The monoisotopic (exact) mass is 544 g/mol. The lowest BCUT2D eigenvalue weighted by molar-refractivity contribution is -0.138. The molecule has 0 bridgehead atoms. The second-order valence-electron chi connectivity index (χ2n) is 8.63. The van der Waals surface area contributed by atoms with Crippen molar-refractivity contribution in [1.29, 1.82) is 5.39 Å². The highest BCUT2D eigenvalue weighted by atomic mass is 19.5. The normalized spacial score (nSPS) is 14.9. The number of benzene rings is 2. The first-order chi connectivity index (χ1) is 17.7. The van der Waals surface area contributed by atoms with Crippen LogP contribution in [-0.4, -0.2) is 43.8 Å². The smallest absolute Gasteiger partial charge is 0.418 e. The van der Waals surface area contributed by atoms with E-state index in [4.69, 9.17) is 10.1 Å². The van der Waals surface area contributed by atoms with Gasteiger partial charge in [-0.2, -0.15) is 18.3 Å². The Bertz CT molecular complexity index is 1330. The van der Waals surface area contributed by atoms with Crippen LogP contribution in [0.3, 0.4) is 0 Å². The van der Waals surface area contributed by atoms with E-state index in [9.17, 15) is 30.4 Å². The number of aromatic nitrogens is 2. The Morgan fingerprint density at radius 2 is 1.66 bits per heavy atom. The summed E-state index contributed by atoms with van der Waals surface area (Å²) in [7, 11) is -6.00. The molecule has 0 saturated carbocycles. The van der Waals surface area contributed by atoms with Crippen LogP contribution in [0.25, 0.3) is 15.7 Å². The number of nitrogens with zero attached hydrogens (tertiary/aromatic N) is 5. The van der Waals surface area contributed by atoms with Crippen LogP contribution in [-0.2, 0) is 10.9 Å². The fraction of sp³-hybridized carbons (Fsp3) is 0.391. The molecule has 2 heterocycles. The van der Waals surface area contributed by atoms with E-state index in [1.165, 1.54) is 13.0 Å². The summed E-state index contributed by atoms with van der Waals surface area (Å²) in [6.07, 6.45) is -4.57. The highest BCUT2D eigenvalue weighted by molar-refractivity contribution is 6.50. The lowest BCUT2D eigenvalue weighted by Crippen LogP contribution is -2.36. The van der Waals surface area contributed by atoms with E-state index < -0.39 is 25.0 Å². The van der Waals surface area contributed by atoms with E-state index in [-0.39, 0.29) is 11.3 Å². The van der Waals surface area contributed by atoms with Gasteiger partial charge >= 0.3 is 19.1 Å². The summed E-state index contributed by atoms with van der Waals surface area (Å²) in [5.74, 6) is 0.470. The third-order valence-corrected chi connectivity index (χ3v) is 6.00. The first-order valence-electron chi connectivity index (χ1n) is 11.5. The van der Waals surface area contributed by atoms with Gasteiger partial charge < -0.3 is 32.2 Å². The molecule has 1 fully saturated rings. The molecule has 1 aromatic heterocycles. The molecule has 0 spiro atoms. The van der Waals surface area contributed by atoms with Gasteiger partial charge in [0, 0.05) is 41.7 Å². The van der Waals surface area contributed by atoms with E-state index in [0.717, 1.165) is 41.3 Å². The van der Waals surface area contributed by atoms with Crippen molar-refractivity contribution in [3.05, 3.63) is 57.7 Å². The molecule has 1 N–H and O–H groups in total. The molecule has 1 aliphatic heterocycles. The molecule has 204 valence electrons. The largest absolute Gasteiger partial charge is 0.673 e. The van der Waals surface area contributed by atoms with Gasteiger partial charge in [-0.25, -0.2) is 0 Å². The lowest BCUT2D eigenvalue weighted by Gasteiger charge is -2.29. The minimum Gasteiger partial charge on any atom is -0.418 e. The second kappa shape index (κ2) is 11.4. The van der Waals surface area contributed by atoms with Gasteiger partial charge in [0.2, 0.25) is 5.39 Å². The second-order valence-corrected chi connectivity index (χ2v) is 8.63. The number of hydrogen-bond acceptors (Lipinski definition) is 6. The van der Waals surface area contributed by atoms with Crippen LogP contribution in [0.15, 0.2) is 30.3 Å². The van der Waals surface area contributed by atoms with Crippen LogP contribution < -0.4 is 10.2 Å².